The van der Waals surface area contributed by atoms with Gasteiger partial charge >= 0.3 is 5.97 Å². The Bertz CT molecular complexity index is 407. The van der Waals surface area contributed by atoms with Gasteiger partial charge in [0.2, 0.25) is 0 Å². The van der Waals surface area contributed by atoms with Crippen molar-refractivity contribution in [2.75, 3.05) is 20.2 Å². The molecule has 0 radical (unpaired) electrons. The number of methoxy groups -OCH3 is 1. The Morgan fingerprint density at radius 3 is 2.56 bits per heavy atom. The van der Waals surface area contributed by atoms with Crippen LogP contribution in [0.5, 0.6) is 0 Å². The quantitative estimate of drug-likeness (QED) is 0.620. The minimum Gasteiger partial charge on any atom is -0.465 e. The molecular weight excluding hydrogens is 226 g/mol. The first-order chi connectivity index (χ1) is 8.67. The van der Waals surface area contributed by atoms with E-state index in [1.54, 1.807) is 12.1 Å². The van der Waals surface area contributed by atoms with Crippen LogP contribution in [0.2, 0.25) is 0 Å². The van der Waals surface area contributed by atoms with E-state index >= 15 is 0 Å². The Morgan fingerprint density at radius 2 is 2.00 bits per heavy atom. The Balaban J connectivity index is 2.62. The number of carbonyl (C=O) groups is 1. The maximum atomic E-state index is 11.3. The summed E-state index contributed by atoms with van der Waals surface area (Å²) in [5.74, 6) is -0.299. The fourth-order valence-corrected chi connectivity index (χ4v) is 1.63. The topological polar surface area (TPSA) is 38.3 Å². The summed E-state index contributed by atoms with van der Waals surface area (Å²) in [6.07, 6.45) is 3.25. The number of hydrogen-bond acceptors (Lipinski definition) is 3. The lowest BCUT2D eigenvalue weighted by Crippen LogP contribution is -2.16. The van der Waals surface area contributed by atoms with Crippen molar-refractivity contribution in [2.45, 2.75) is 20.3 Å². The first-order valence-electron chi connectivity index (χ1n) is 6.23. The second-order valence-electron chi connectivity index (χ2n) is 4.28. The monoisotopic (exact) mass is 247 g/mol. The molecule has 0 unspecified atom stereocenters. The average Bonchev–Trinajstić information content (AvgIpc) is 2.39. The summed E-state index contributed by atoms with van der Waals surface area (Å²) in [6, 6.07) is 7.42. The summed E-state index contributed by atoms with van der Waals surface area (Å²) in [5, 5.41) is 3.35. The number of hydrogen-bond donors (Lipinski definition) is 1. The molecule has 1 N–H and O–H groups in total. The van der Waals surface area contributed by atoms with E-state index in [-0.39, 0.29) is 5.97 Å². The second-order valence-corrected chi connectivity index (χ2v) is 4.28. The third-order valence-electron chi connectivity index (χ3n) is 2.58. The summed E-state index contributed by atoms with van der Waals surface area (Å²) in [5.41, 5.74) is 2.95. The number of nitrogens with one attached hydrogen (secondary N) is 1. The highest BCUT2D eigenvalue weighted by atomic mass is 16.5. The molecule has 0 atom stereocenters. The lowest BCUT2D eigenvalue weighted by Gasteiger charge is -2.04. The minimum atomic E-state index is -0.299. The van der Waals surface area contributed by atoms with Gasteiger partial charge in [0.05, 0.1) is 12.7 Å². The van der Waals surface area contributed by atoms with Crippen molar-refractivity contribution < 1.29 is 9.53 Å². The third kappa shape index (κ3) is 4.72. The van der Waals surface area contributed by atoms with Crippen molar-refractivity contribution >= 4 is 12.0 Å². The molecule has 0 aliphatic heterocycles. The smallest absolute Gasteiger partial charge is 0.337 e. The first kappa shape index (κ1) is 14.5. The van der Waals surface area contributed by atoms with Crippen LogP contribution >= 0.6 is 0 Å². The van der Waals surface area contributed by atoms with Crippen LogP contribution in [0.3, 0.4) is 0 Å². The molecule has 1 aromatic rings. The zero-order chi connectivity index (χ0) is 13.4. The van der Waals surface area contributed by atoms with Crippen LogP contribution < -0.4 is 5.32 Å². The Morgan fingerprint density at radius 1 is 1.33 bits per heavy atom. The summed E-state index contributed by atoms with van der Waals surface area (Å²) >= 11 is 0. The number of esters is 1. The Labute approximate surface area is 109 Å². The second kappa shape index (κ2) is 7.67. The van der Waals surface area contributed by atoms with Gasteiger partial charge in [-0.3, -0.25) is 0 Å². The van der Waals surface area contributed by atoms with Gasteiger partial charge in [-0.1, -0.05) is 30.7 Å². The summed E-state index contributed by atoms with van der Waals surface area (Å²) < 4.78 is 4.66. The molecule has 0 fully saturated rings. The fraction of sp³-hybridized carbons (Fsp3) is 0.400. The number of ether oxygens (including phenoxy) is 1. The van der Waals surface area contributed by atoms with Gasteiger partial charge in [-0.2, -0.15) is 0 Å². The molecule has 1 aromatic carbocycles. The van der Waals surface area contributed by atoms with Crippen molar-refractivity contribution in [2.24, 2.45) is 0 Å². The van der Waals surface area contributed by atoms with Crippen molar-refractivity contribution in [1.82, 2.24) is 5.32 Å². The summed E-state index contributed by atoms with van der Waals surface area (Å²) in [6.45, 7) is 6.17. The van der Waals surface area contributed by atoms with Crippen LogP contribution in [-0.4, -0.2) is 26.2 Å². The largest absolute Gasteiger partial charge is 0.465 e. The predicted octanol–water partition coefficient (Wildman–Crippen LogP) is 2.88. The summed E-state index contributed by atoms with van der Waals surface area (Å²) in [7, 11) is 1.39. The molecule has 0 amide bonds. The summed E-state index contributed by atoms with van der Waals surface area (Å²) in [4.78, 5) is 11.3. The van der Waals surface area contributed by atoms with Crippen LogP contribution in [0.15, 0.2) is 29.8 Å². The molecule has 3 heteroatoms. The third-order valence-corrected chi connectivity index (χ3v) is 2.58. The molecular formula is C15H21NO2. The van der Waals surface area contributed by atoms with Crippen LogP contribution in [0, 0.1) is 0 Å². The van der Waals surface area contributed by atoms with E-state index < -0.39 is 0 Å². The van der Waals surface area contributed by atoms with Gasteiger partial charge in [-0.05, 0) is 37.6 Å². The molecule has 0 aliphatic carbocycles. The van der Waals surface area contributed by atoms with E-state index in [0.717, 1.165) is 25.1 Å². The van der Waals surface area contributed by atoms with Gasteiger partial charge in [-0.15, -0.1) is 0 Å². The van der Waals surface area contributed by atoms with Crippen LogP contribution in [0.1, 0.15) is 36.2 Å². The number of carbonyl (C=O) groups excluding carboxylic acids is 1. The highest BCUT2D eigenvalue weighted by molar-refractivity contribution is 5.89. The van der Waals surface area contributed by atoms with Crippen molar-refractivity contribution in [3.63, 3.8) is 0 Å². The lowest BCUT2D eigenvalue weighted by molar-refractivity contribution is 0.0601. The zero-order valence-electron chi connectivity index (χ0n) is 11.3. The van der Waals surface area contributed by atoms with Gasteiger partial charge < -0.3 is 10.1 Å². The van der Waals surface area contributed by atoms with E-state index in [1.807, 2.05) is 12.1 Å². The lowest BCUT2D eigenvalue weighted by atomic mass is 10.1. The van der Waals surface area contributed by atoms with Gasteiger partial charge in [-0.25, -0.2) is 4.79 Å². The molecule has 0 bridgehead atoms. The van der Waals surface area contributed by atoms with Gasteiger partial charge in [0.15, 0.2) is 0 Å². The van der Waals surface area contributed by atoms with E-state index in [0.29, 0.717) is 5.56 Å². The number of rotatable bonds is 6. The van der Waals surface area contributed by atoms with E-state index in [1.165, 1.54) is 12.7 Å². The van der Waals surface area contributed by atoms with E-state index in [4.69, 9.17) is 0 Å². The highest BCUT2D eigenvalue weighted by Crippen LogP contribution is 2.09. The maximum Gasteiger partial charge on any atom is 0.337 e. The fourth-order valence-electron chi connectivity index (χ4n) is 1.63. The molecule has 0 saturated carbocycles. The molecule has 98 valence electrons. The van der Waals surface area contributed by atoms with Crippen molar-refractivity contribution in [3.8, 4) is 0 Å². The molecule has 18 heavy (non-hydrogen) atoms. The molecule has 0 spiro atoms. The Kier molecular flexibility index (Phi) is 6.15. The minimum absolute atomic E-state index is 0.299. The predicted molar refractivity (Wildman–Crippen MR) is 74.6 cm³/mol. The Hall–Kier alpha value is -1.61. The van der Waals surface area contributed by atoms with Crippen LogP contribution in [0.25, 0.3) is 6.08 Å². The van der Waals surface area contributed by atoms with Crippen molar-refractivity contribution in [3.05, 3.63) is 41.0 Å². The first-order valence-corrected chi connectivity index (χ1v) is 6.23. The maximum absolute atomic E-state index is 11.3. The average molecular weight is 247 g/mol. The van der Waals surface area contributed by atoms with Crippen LogP contribution in [-0.2, 0) is 4.74 Å². The number of benzene rings is 1. The molecule has 0 aromatic heterocycles. The molecule has 1 rings (SSSR count). The van der Waals surface area contributed by atoms with Crippen molar-refractivity contribution in [1.29, 1.82) is 0 Å². The SMILES string of the molecule is CCCNCC(C)=Cc1ccc(C(=O)OC)cc1. The van der Waals surface area contributed by atoms with Crippen LogP contribution in [0.4, 0.5) is 0 Å². The zero-order valence-corrected chi connectivity index (χ0v) is 11.3. The van der Waals surface area contributed by atoms with Gasteiger partial charge in [0.1, 0.15) is 0 Å². The molecule has 3 nitrogen and oxygen atoms in total. The van der Waals surface area contributed by atoms with Gasteiger partial charge in [0.25, 0.3) is 0 Å². The molecule has 0 saturated heterocycles. The standard InChI is InChI=1S/C15H21NO2/c1-4-9-16-11-12(2)10-13-5-7-14(8-6-13)15(17)18-3/h5-8,10,16H,4,9,11H2,1-3H3. The van der Waals surface area contributed by atoms with E-state index in [9.17, 15) is 4.79 Å². The van der Waals surface area contributed by atoms with E-state index in [2.05, 4.69) is 30.0 Å². The molecule has 0 aliphatic rings. The normalized spacial score (nSPS) is 11.4. The highest BCUT2D eigenvalue weighted by Gasteiger charge is 2.03. The van der Waals surface area contributed by atoms with Gasteiger partial charge in [0, 0.05) is 6.54 Å². The molecule has 0 heterocycles.